The molecule has 12 heavy (non-hydrogen) atoms. The molecule has 0 amide bonds. The Morgan fingerprint density at radius 3 is 2.67 bits per heavy atom. The fourth-order valence-electron chi connectivity index (χ4n) is 0.711. The third kappa shape index (κ3) is 4.86. The van der Waals surface area contributed by atoms with Gasteiger partial charge in [0.05, 0.1) is 5.75 Å². The monoisotopic (exact) mass is 187 g/mol. The SMILES string of the molecule is C=CC[B]Oc1ccccc1.[Ca+2].[H-].[H-]. The van der Waals surface area contributed by atoms with Gasteiger partial charge in [0.25, 0.3) is 0 Å². The molecule has 3 heteroatoms. The van der Waals surface area contributed by atoms with Crippen molar-refractivity contribution in [1.82, 2.24) is 0 Å². The van der Waals surface area contributed by atoms with Gasteiger partial charge in [-0.3, -0.25) is 0 Å². The molecule has 0 aliphatic heterocycles. The molecule has 0 fully saturated rings. The van der Waals surface area contributed by atoms with E-state index in [4.69, 9.17) is 4.65 Å². The van der Waals surface area contributed by atoms with Gasteiger partial charge >= 0.3 is 45.2 Å². The molecule has 0 bridgehead atoms. The van der Waals surface area contributed by atoms with Crippen LogP contribution < -0.4 is 4.65 Å². The standard InChI is InChI=1S/C9H10BO.Ca.2H/c1-2-8-10-11-9-6-4-3-5-7-9;;;/h2-7H,1,8H2;;;/q;+2;2*-1. The van der Waals surface area contributed by atoms with Gasteiger partial charge in [-0.2, -0.15) is 0 Å². The second kappa shape index (κ2) is 7.72. The Morgan fingerprint density at radius 1 is 1.42 bits per heavy atom. The predicted molar refractivity (Wildman–Crippen MR) is 55.8 cm³/mol. The predicted octanol–water partition coefficient (Wildman–Crippen LogP) is 2.13. The molecule has 0 aliphatic rings. The fraction of sp³-hybridized carbons (Fsp3) is 0.111. The molecule has 0 aromatic heterocycles. The number of hydrogen-bond donors (Lipinski definition) is 0. The molecule has 0 atom stereocenters. The van der Waals surface area contributed by atoms with E-state index in [1.165, 1.54) is 0 Å². The van der Waals surface area contributed by atoms with Crippen molar-refractivity contribution < 1.29 is 7.51 Å². The summed E-state index contributed by atoms with van der Waals surface area (Å²) in [6, 6.07) is 9.67. The Bertz CT molecular complexity index is 221. The smallest absolute Gasteiger partial charge is 1.00 e. The maximum absolute atomic E-state index is 5.25. The van der Waals surface area contributed by atoms with Crippen molar-refractivity contribution in [3.8, 4) is 5.75 Å². The quantitative estimate of drug-likeness (QED) is 0.398. The van der Waals surface area contributed by atoms with Crippen molar-refractivity contribution in [1.29, 1.82) is 0 Å². The number of rotatable bonds is 4. The fourth-order valence-corrected chi connectivity index (χ4v) is 0.711. The Kier molecular flexibility index (Phi) is 7.77. The van der Waals surface area contributed by atoms with Crippen LogP contribution in [0, 0.1) is 0 Å². The second-order valence-electron chi connectivity index (χ2n) is 2.12. The first kappa shape index (κ1) is 12.1. The van der Waals surface area contributed by atoms with Gasteiger partial charge in [0, 0.05) is 0 Å². The van der Waals surface area contributed by atoms with Crippen LogP contribution in [0.4, 0.5) is 0 Å². The summed E-state index contributed by atoms with van der Waals surface area (Å²) in [5, 5.41) is 0. The zero-order chi connectivity index (χ0) is 7.94. The number of benzene rings is 1. The van der Waals surface area contributed by atoms with E-state index in [0.717, 1.165) is 12.1 Å². The van der Waals surface area contributed by atoms with Crippen LogP contribution in [0.25, 0.3) is 0 Å². The van der Waals surface area contributed by atoms with Gasteiger partial charge in [-0.05, 0) is 18.5 Å². The Balaban J connectivity index is -0.000000403. The molecule has 0 heterocycles. The summed E-state index contributed by atoms with van der Waals surface area (Å²) in [6.45, 7) is 3.58. The molecule has 0 spiro atoms. The van der Waals surface area contributed by atoms with E-state index in [1.54, 1.807) is 13.6 Å². The largest absolute Gasteiger partial charge is 2.00 e. The molecular formula is C9H12BCaO. The van der Waals surface area contributed by atoms with Crippen molar-refractivity contribution in [3.05, 3.63) is 43.0 Å². The second-order valence-corrected chi connectivity index (χ2v) is 2.12. The van der Waals surface area contributed by atoms with Gasteiger partial charge in [-0.15, -0.1) is 6.58 Å². The first-order valence-electron chi connectivity index (χ1n) is 3.58. The van der Waals surface area contributed by atoms with Gasteiger partial charge < -0.3 is 7.51 Å². The van der Waals surface area contributed by atoms with Gasteiger partial charge in [0.2, 0.25) is 0 Å². The molecule has 1 rings (SSSR count). The minimum absolute atomic E-state index is 0. The van der Waals surface area contributed by atoms with Crippen LogP contribution in [-0.2, 0) is 0 Å². The normalized spacial score (nSPS) is 8.00. The molecule has 0 aliphatic carbocycles. The summed E-state index contributed by atoms with van der Waals surface area (Å²) in [4.78, 5) is 0. The Hall–Kier alpha value is 0.0847. The van der Waals surface area contributed by atoms with Crippen LogP contribution in [0.2, 0.25) is 6.32 Å². The Morgan fingerprint density at radius 2 is 2.08 bits per heavy atom. The van der Waals surface area contributed by atoms with Gasteiger partial charge in [-0.1, -0.05) is 24.3 Å². The summed E-state index contributed by atoms with van der Waals surface area (Å²) >= 11 is 0. The van der Waals surface area contributed by atoms with Crippen molar-refractivity contribution in [2.75, 3.05) is 0 Å². The number of para-hydroxylation sites is 1. The molecular weight excluding hydrogens is 175 g/mol. The molecule has 0 saturated heterocycles. The number of allylic oxidation sites excluding steroid dienone is 1. The average Bonchev–Trinajstić information content (AvgIpc) is 2.07. The summed E-state index contributed by atoms with van der Waals surface area (Å²) in [5.74, 6) is 0.870. The maximum Gasteiger partial charge on any atom is 2.00 e. The van der Waals surface area contributed by atoms with E-state index in [1.807, 2.05) is 30.3 Å². The van der Waals surface area contributed by atoms with Crippen molar-refractivity contribution in [3.63, 3.8) is 0 Å². The van der Waals surface area contributed by atoms with Crippen LogP contribution in [0.3, 0.4) is 0 Å². The van der Waals surface area contributed by atoms with Gasteiger partial charge in [0.1, 0.15) is 0 Å². The van der Waals surface area contributed by atoms with E-state index >= 15 is 0 Å². The molecule has 59 valence electrons. The van der Waals surface area contributed by atoms with Crippen LogP contribution in [0.5, 0.6) is 5.75 Å². The molecule has 0 saturated carbocycles. The van der Waals surface area contributed by atoms with Crippen molar-refractivity contribution >= 4 is 45.2 Å². The van der Waals surface area contributed by atoms with E-state index in [9.17, 15) is 0 Å². The van der Waals surface area contributed by atoms with Crippen molar-refractivity contribution in [2.45, 2.75) is 6.32 Å². The van der Waals surface area contributed by atoms with Gasteiger partial charge in [0.15, 0.2) is 0 Å². The summed E-state index contributed by atoms with van der Waals surface area (Å²) in [5.41, 5.74) is 0. The van der Waals surface area contributed by atoms with Crippen LogP contribution in [0.1, 0.15) is 2.85 Å². The first-order chi connectivity index (χ1) is 5.43. The number of hydrogen-bond acceptors (Lipinski definition) is 1. The Labute approximate surface area is 107 Å². The molecule has 0 unspecified atom stereocenters. The molecule has 1 radical (unpaired) electrons. The summed E-state index contributed by atoms with van der Waals surface area (Å²) < 4.78 is 5.25. The average molecular weight is 187 g/mol. The van der Waals surface area contributed by atoms with Crippen LogP contribution >= 0.6 is 0 Å². The van der Waals surface area contributed by atoms with E-state index < -0.39 is 0 Å². The van der Waals surface area contributed by atoms with Gasteiger partial charge in [-0.25, -0.2) is 0 Å². The first-order valence-corrected chi connectivity index (χ1v) is 3.58. The molecule has 1 aromatic carbocycles. The summed E-state index contributed by atoms with van der Waals surface area (Å²) in [7, 11) is 1.72. The summed E-state index contributed by atoms with van der Waals surface area (Å²) in [6.07, 6.45) is 2.57. The van der Waals surface area contributed by atoms with E-state index in [0.29, 0.717) is 0 Å². The third-order valence-corrected chi connectivity index (χ3v) is 1.23. The molecule has 1 nitrogen and oxygen atoms in total. The van der Waals surface area contributed by atoms with Crippen LogP contribution in [0.15, 0.2) is 43.0 Å². The zero-order valence-electron chi connectivity index (χ0n) is 9.07. The molecule has 1 aromatic rings. The minimum Gasteiger partial charge on any atom is -1.00 e. The van der Waals surface area contributed by atoms with Crippen LogP contribution in [-0.4, -0.2) is 45.2 Å². The molecule has 0 N–H and O–H groups in total. The maximum atomic E-state index is 5.25. The topological polar surface area (TPSA) is 9.23 Å². The minimum atomic E-state index is 0. The van der Waals surface area contributed by atoms with Crippen molar-refractivity contribution in [2.24, 2.45) is 0 Å². The van der Waals surface area contributed by atoms with E-state index in [-0.39, 0.29) is 40.6 Å². The zero-order valence-corrected chi connectivity index (χ0v) is 9.28. The third-order valence-electron chi connectivity index (χ3n) is 1.23. The van der Waals surface area contributed by atoms with E-state index in [2.05, 4.69) is 6.58 Å².